The fourth-order valence-electron chi connectivity index (χ4n) is 2.27. The number of aliphatic hydroxyl groups is 1. The first-order valence-electron chi connectivity index (χ1n) is 5.75. The SMILES string of the molecule is CCS[C@@H]1O[C@H](C)[C@@H]2OC(C)(C)O[C@@H]2[C@H]1O. The Balaban J connectivity index is 2.11. The summed E-state index contributed by atoms with van der Waals surface area (Å²) in [7, 11) is 0. The van der Waals surface area contributed by atoms with Gasteiger partial charge in [-0.3, -0.25) is 0 Å². The average molecular weight is 248 g/mol. The molecule has 0 spiro atoms. The first-order valence-corrected chi connectivity index (χ1v) is 6.80. The van der Waals surface area contributed by atoms with Gasteiger partial charge in [-0.05, 0) is 26.5 Å². The zero-order valence-corrected chi connectivity index (χ0v) is 11.0. The molecule has 0 saturated carbocycles. The van der Waals surface area contributed by atoms with E-state index in [1.165, 1.54) is 0 Å². The van der Waals surface area contributed by atoms with E-state index in [9.17, 15) is 5.11 Å². The Morgan fingerprint density at radius 3 is 2.50 bits per heavy atom. The molecule has 5 atom stereocenters. The second-order valence-electron chi connectivity index (χ2n) is 4.72. The van der Waals surface area contributed by atoms with Crippen LogP contribution >= 0.6 is 11.8 Å². The van der Waals surface area contributed by atoms with Crippen molar-refractivity contribution in [2.45, 2.75) is 63.3 Å². The molecule has 2 heterocycles. The molecule has 0 bridgehead atoms. The van der Waals surface area contributed by atoms with Gasteiger partial charge in [0.25, 0.3) is 0 Å². The Hall–Kier alpha value is 0.190. The van der Waals surface area contributed by atoms with E-state index in [1.54, 1.807) is 11.8 Å². The van der Waals surface area contributed by atoms with Gasteiger partial charge < -0.3 is 19.3 Å². The zero-order valence-electron chi connectivity index (χ0n) is 10.2. The van der Waals surface area contributed by atoms with E-state index < -0.39 is 11.9 Å². The highest BCUT2D eigenvalue weighted by Crippen LogP contribution is 2.39. The number of hydrogen-bond acceptors (Lipinski definition) is 5. The molecule has 0 aromatic carbocycles. The van der Waals surface area contributed by atoms with Crippen molar-refractivity contribution in [2.24, 2.45) is 0 Å². The van der Waals surface area contributed by atoms with Crippen molar-refractivity contribution in [1.29, 1.82) is 0 Å². The Labute approximate surface area is 101 Å². The lowest BCUT2D eigenvalue weighted by Gasteiger charge is -2.38. The van der Waals surface area contributed by atoms with Crippen LogP contribution in [0.25, 0.3) is 0 Å². The molecule has 2 rings (SSSR count). The van der Waals surface area contributed by atoms with Gasteiger partial charge in [0.2, 0.25) is 0 Å². The Bertz CT molecular complexity index is 258. The first-order chi connectivity index (χ1) is 7.44. The molecule has 2 aliphatic rings. The molecule has 0 radical (unpaired) electrons. The van der Waals surface area contributed by atoms with E-state index in [-0.39, 0.29) is 23.7 Å². The van der Waals surface area contributed by atoms with Crippen molar-refractivity contribution in [3.05, 3.63) is 0 Å². The Morgan fingerprint density at radius 2 is 1.88 bits per heavy atom. The van der Waals surface area contributed by atoms with Crippen LogP contribution in [-0.4, -0.2) is 46.5 Å². The highest BCUT2D eigenvalue weighted by molar-refractivity contribution is 7.99. The molecular weight excluding hydrogens is 228 g/mol. The highest BCUT2D eigenvalue weighted by atomic mass is 32.2. The summed E-state index contributed by atoms with van der Waals surface area (Å²) in [5, 5.41) is 10.2. The van der Waals surface area contributed by atoms with Gasteiger partial charge in [0.15, 0.2) is 5.79 Å². The molecule has 0 aromatic rings. The maximum atomic E-state index is 10.2. The minimum absolute atomic E-state index is 0.0424. The number of rotatable bonds is 2. The summed E-state index contributed by atoms with van der Waals surface area (Å²) in [6.45, 7) is 7.75. The van der Waals surface area contributed by atoms with Crippen molar-refractivity contribution < 1.29 is 19.3 Å². The second-order valence-corrected chi connectivity index (χ2v) is 6.10. The number of fused-ring (bicyclic) bond motifs is 1. The third kappa shape index (κ3) is 2.24. The van der Waals surface area contributed by atoms with E-state index in [2.05, 4.69) is 0 Å². The van der Waals surface area contributed by atoms with Crippen molar-refractivity contribution in [3.63, 3.8) is 0 Å². The van der Waals surface area contributed by atoms with Crippen LogP contribution in [0.3, 0.4) is 0 Å². The summed E-state index contributed by atoms with van der Waals surface area (Å²) in [6.07, 6.45) is -1.10. The fraction of sp³-hybridized carbons (Fsp3) is 1.00. The van der Waals surface area contributed by atoms with Gasteiger partial charge in [0.05, 0.1) is 6.10 Å². The predicted octanol–water partition coefficient (Wildman–Crippen LogP) is 1.37. The molecule has 4 nitrogen and oxygen atoms in total. The van der Waals surface area contributed by atoms with Gasteiger partial charge in [-0.1, -0.05) is 6.92 Å². The number of aliphatic hydroxyl groups excluding tert-OH is 1. The molecule has 2 fully saturated rings. The lowest BCUT2D eigenvalue weighted by atomic mass is 10.0. The molecule has 2 saturated heterocycles. The molecule has 0 aliphatic carbocycles. The van der Waals surface area contributed by atoms with Crippen molar-refractivity contribution in [1.82, 2.24) is 0 Å². The summed E-state index contributed by atoms with van der Waals surface area (Å²) < 4.78 is 17.2. The third-order valence-electron chi connectivity index (χ3n) is 2.92. The van der Waals surface area contributed by atoms with Crippen LogP contribution in [0, 0.1) is 0 Å². The van der Waals surface area contributed by atoms with Crippen LogP contribution in [0.15, 0.2) is 0 Å². The van der Waals surface area contributed by atoms with Gasteiger partial charge >= 0.3 is 0 Å². The molecule has 0 unspecified atom stereocenters. The van der Waals surface area contributed by atoms with Gasteiger partial charge in [-0.2, -0.15) is 0 Å². The van der Waals surface area contributed by atoms with E-state index in [1.807, 2.05) is 27.7 Å². The molecule has 1 N–H and O–H groups in total. The van der Waals surface area contributed by atoms with E-state index >= 15 is 0 Å². The van der Waals surface area contributed by atoms with Crippen LogP contribution < -0.4 is 0 Å². The maximum absolute atomic E-state index is 10.2. The highest BCUT2D eigenvalue weighted by Gasteiger charge is 2.53. The minimum Gasteiger partial charge on any atom is -0.387 e. The third-order valence-corrected chi connectivity index (χ3v) is 3.97. The van der Waals surface area contributed by atoms with Gasteiger partial charge in [0, 0.05) is 0 Å². The summed E-state index contributed by atoms with van der Waals surface area (Å²) >= 11 is 1.61. The summed E-state index contributed by atoms with van der Waals surface area (Å²) in [5.41, 5.74) is -0.209. The first kappa shape index (κ1) is 12.6. The molecule has 5 heteroatoms. The van der Waals surface area contributed by atoms with Crippen LogP contribution in [0.5, 0.6) is 0 Å². The quantitative estimate of drug-likeness (QED) is 0.799. The number of hydrogen-bond donors (Lipinski definition) is 1. The average Bonchev–Trinajstić information content (AvgIpc) is 2.51. The summed E-state index contributed by atoms with van der Waals surface area (Å²) in [5.74, 6) is 0.287. The lowest BCUT2D eigenvalue weighted by molar-refractivity contribution is -0.153. The Kier molecular flexibility index (Phi) is 3.52. The monoisotopic (exact) mass is 248 g/mol. The lowest BCUT2D eigenvalue weighted by Crippen LogP contribution is -2.54. The van der Waals surface area contributed by atoms with Gasteiger partial charge in [-0.25, -0.2) is 0 Å². The molecule has 0 amide bonds. The van der Waals surface area contributed by atoms with Crippen LogP contribution in [0.4, 0.5) is 0 Å². The van der Waals surface area contributed by atoms with Crippen LogP contribution in [0.2, 0.25) is 0 Å². The normalized spacial score (nSPS) is 46.7. The molecule has 2 aliphatic heterocycles. The fourth-order valence-corrected chi connectivity index (χ4v) is 3.21. The smallest absolute Gasteiger partial charge is 0.164 e. The van der Waals surface area contributed by atoms with Crippen molar-refractivity contribution >= 4 is 11.8 Å². The number of thioether (sulfide) groups is 1. The summed E-state index contributed by atoms with van der Waals surface area (Å²) in [6, 6.07) is 0. The van der Waals surface area contributed by atoms with E-state index in [0.717, 1.165) is 5.75 Å². The molecule has 16 heavy (non-hydrogen) atoms. The van der Waals surface area contributed by atoms with E-state index in [4.69, 9.17) is 14.2 Å². The van der Waals surface area contributed by atoms with Crippen molar-refractivity contribution in [2.75, 3.05) is 5.75 Å². The maximum Gasteiger partial charge on any atom is 0.164 e. The molecular formula is C11H20O4S. The Morgan fingerprint density at radius 1 is 1.25 bits per heavy atom. The molecule has 0 aromatic heterocycles. The predicted molar refractivity (Wildman–Crippen MR) is 62.3 cm³/mol. The van der Waals surface area contributed by atoms with Crippen LogP contribution in [-0.2, 0) is 14.2 Å². The second kappa shape index (κ2) is 4.46. The molecule has 94 valence electrons. The zero-order chi connectivity index (χ0) is 11.9. The number of ether oxygens (including phenoxy) is 3. The standard InChI is InChI=1S/C11H20O4S/c1-5-16-10-7(12)9-8(6(2)13-10)14-11(3,4)15-9/h6-10,12H,5H2,1-4H3/t6-,7-,8+,9-,10+/m1/s1. The topological polar surface area (TPSA) is 47.9 Å². The van der Waals surface area contributed by atoms with Crippen molar-refractivity contribution in [3.8, 4) is 0 Å². The van der Waals surface area contributed by atoms with E-state index in [0.29, 0.717) is 0 Å². The largest absolute Gasteiger partial charge is 0.387 e. The van der Waals surface area contributed by atoms with Crippen LogP contribution in [0.1, 0.15) is 27.7 Å². The van der Waals surface area contributed by atoms with Gasteiger partial charge in [-0.15, -0.1) is 11.8 Å². The van der Waals surface area contributed by atoms with Gasteiger partial charge in [0.1, 0.15) is 23.7 Å². The minimum atomic E-state index is -0.625. The summed E-state index contributed by atoms with van der Waals surface area (Å²) in [4.78, 5) is 0.